The van der Waals surface area contributed by atoms with E-state index in [-0.39, 0.29) is 6.10 Å². The van der Waals surface area contributed by atoms with Gasteiger partial charge >= 0.3 is 0 Å². The maximum Gasteiger partial charge on any atom is 0.0540 e. The molecule has 0 saturated heterocycles. The van der Waals surface area contributed by atoms with Crippen LogP contribution in [0.4, 0.5) is 0 Å². The molecule has 0 heterocycles. The highest BCUT2D eigenvalue weighted by Crippen LogP contribution is 2.16. The number of hydrogen-bond acceptors (Lipinski definition) is 1. The molecule has 0 aliphatic heterocycles. The zero-order valence-electron chi connectivity index (χ0n) is 10.1. The Morgan fingerprint density at radius 2 is 1.36 bits per heavy atom. The van der Waals surface area contributed by atoms with Gasteiger partial charge in [-0.3, -0.25) is 0 Å². The molecule has 0 atom stereocenters. The average molecular weight is 200 g/mol. The van der Waals surface area contributed by atoms with Crippen LogP contribution < -0.4 is 0 Å². The highest BCUT2D eigenvalue weighted by molar-refractivity contribution is 4.61. The predicted octanol–water partition coefficient (Wildman–Crippen LogP) is 4.29. The monoisotopic (exact) mass is 200 g/mol. The second-order valence-electron chi connectivity index (χ2n) is 4.35. The van der Waals surface area contributed by atoms with Crippen LogP contribution in [0.1, 0.15) is 78.1 Å². The third kappa shape index (κ3) is 10.0. The van der Waals surface area contributed by atoms with Crippen LogP contribution in [0.25, 0.3) is 0 Å². The summed E-state index contributed by atoms with van der Waals surface area (Å²) in [6.45, 7) is 4.49. The Kier molecular flexibility index (Phi) is 11.0. The molecule has 0 radical (unpaired) electrons. The van der Waals surface area contributed by atoms with Crippen molar-refractivity contribution in [3.05, 3.63) is 0 Å². The molecular formula is C13H28O. The summed E-state index contributed by atoms with van der Waals surface area (Å²) in [7, 11) is 0. The van der Waals surface area contributed by atoms with Crippen LogP contribution in [0.5, 0.6) is 0 Å². The van der Waals surface area contributed by atoms with Crippen LogP contribution >= 0.6 is 0 Å². The van der Waals surface area contributed by atoms with E-state index in [4.69, 9.17) is 5.11 Å². The Morgan fingerprint density at radius 1 is 0.857 bits per heavy atom. The number of aliphatic hydroxyl groups is 1. The molecule has 0 amide bonds. The normalized spacial score (nSPS) is 17.4. The van der Waals surface area contributed by atoms with Crippen molar-refractivity contribution in [1.82, 2.24) is 0 Å². The SMILES string of the molecule is CCCCCCC.OC1CCCCC1. The Morgan fingerprint density at radius 3 is 1.64 bits per heavy atom. The quantitative estimate of drug-likeness (QED) is 0.671. The second-order valence-corrected chi connectivity index (χ2v) is 4.35. The van der Waals surface area contributed by atoms with Crippen molar-refractivity contribution in [3.63, 3.8) is 0 Å². The van der Waals surface area contributed by atoms with Gasteiger partial charge in [-0.05, 0) is 12.8 Å². The second kappa shape index (κ2) is 11.0. The third-order valence-electron chi connectivity index (χ3n) is 2.78. The van der Waals surface area contributed by atoms with Gasteiger partial charge < -0.3 is 5.11 Å². The van der Waals surface area contributed by atoms with Crippen molar-refractivity contribution >= 4 is 0 Å². The third-order valence-corrected chi connectivity index (χ3v) is 2.78. The van der Waals surface area contributed by atoms with Crippen molar-refractivity contribution in [2.45, 2.75) is 84.2 Å². The van der Waals surface area contributed by atoms with Gasteiger partial charge in [0.05, 0.1) is 6.10 Å². The summed E-state index contributed by atoms with van der Waals surface area (Å²) in [6.07, 6.45) is 12.9. The first-order chi connectivity index (χ1) is 6.81. The molecule has 1 nitrogen and oxygen atoms in total. The first-order valence-corrected chi connectivity index (χ1v) is 6.49. The molecule has 0 aromatic rings. The van der Waals surface area contributed by atoms with Gasteiger partial charge in [0.25, 0.3) is 0 Å². The molecule has 1 N–H and O–H groups in total. The topological polar surface area (TPSA) is 20.2 Å². The van der Waals surface area contributed by atoms with Crippen LogP contribution in [0.3, 0.4) is 0 Å². The average Bonchev–Trinajstić information content (AvgIpc) is 2.21. The molecule has 14 heavy (non-hydrogen) atoms. The van der Waals surface area contributed by atoms with Gasteiger partial charge in [-0.15, -0.1) is 0 Å². The maximum atomic E-state index is 8.91. The summed E-state index contributed by atoms with van der Waals surface area (Å²) in [6, 6.07) is 0. The van der Waals surface area contributed by atoms with E-state index in [0.717, 1.165) is 12.8 Å². The van der Waals surface area contributed by atoms with Crippen LogP contribution in [0.15, 0.2) is 0 Å². The van der Waals surface area contributed by atoms with Gasteiger partial charge in [0.2, 0.25) is 0 Å². The zero-order chi connectivity index (χ0) is 10.6. The summed E-state index contributed by atoms with van der Waals surface area (Å²) in [5.41, 5.74) is 0. The van der Waals surface area contributed by atoms with Crippen molar-refractivity contribution in [3.8, 4) is 0 Å². The molecule has 1 aliphatic carbocycles. The lowest BCUT2D eigenvalue weighted by Gasteiger charge is -2.14. The Bertz CT molecular complexity index is 91.4. The highest BCUT2D eigenvalue weighted by Gasteiger charge is 2.07. The summed E-state index contributed by atoms with van der Waals surface area (Å²) < 4.78 is 0. The van der Waals surface area contributed by atoms with Crippen molar-refractivity contribution in [1.29, 1.82) is 0 Å². The number of rotatable bonds is 4. The molecule has 1 fully saturated rings. The molecule has 0 bridgehead atoms. The minimum Gasteiger partial charge on any atom is -0.393 e. The number of unbranched alkanes of at least 4 members (excludes halogenated alkanes) is 4. The van der Waals surface area contributed by atoms with Gasteiger partial charge in [-0.1, -0.05) is 65.2 Å². The fourth-order valence-electron chi connectivity index (χ4n) is 1.76. The Hall–Kier alpha value is -0.0400. The zero-order valence-corrected chi connectivity index (χ0v) is 10.1. The van der Waals surface area contributed by atoms with Crippen molar-refractivity contribution in [2.75, 3.05) is 0 Å². The highest BCUT2D eigenvalue weighted by atomic mass is 16.3. The Balaban J connectivity index is 0.000000241. The molecule has 0 spiro atoms. The summed E-state index contributed by atoms with van der Waals surface area (Å²) >= 11 is 0. The summed E-state index contributed by atoms with van der Waals surface area (Å²) in [5.74, 6) is 0. The molecule has 86 valence electrons. The lowest BCUT2D eigenvalue weighted by Crippen LogP contribution is -2.09. The minimum absolute atomic E-state index is 0.0359. The number of hydrogen-bond donors (Lipinski definition) is 1. The number of aliphatic hydroxyl groups excluding tert-OH is 1. The van der Waals surface area contributed by atoms with E-state index >= 15 is 0 Å². The van der Waals surface area contributed by atoms with Crippen molar-refractivity contribution < 1.29 is 5.11 Å². The molecule has 1 heteroatoms. The fraction of sp³-hybridized carbons (Fsp3) is 1.00. The largest absolute Gasteiger partial charge is 0.393 e. The van der Waals surface area contributed by atoms with Crippen LogP contribution in [-0.4, -0.2) is 11.2 Å². The standard InChI is InChI=1S/C7H16.C6H12O/c1-3-5-7-6-4-2;7-6-4-2-1-3-5-6/h3-7H2,1-2H3;6-7H,1-5H2. The molecule has 0 unspecified atom stereocenters. The van der Waals surface area contributed by atoms with Gasteiger partial charge in [-0.25, -0.2) is 0 Å². The molecule has 1 rings (SSSR count). The summed E-state index contributed by atoms with van der Waals surface area (Å²) in [5, 5.41) is 8.91. The van der Waals surface area contributed by atoms with Crippen LogP contribution in [-0.2, 0) is 0 Å². The van der Waals surface area contributed by atoms with E-state index < -0.39 is 0 Å². The van der Waals surface area contributed by atoms with Gasteiger partial charge in [-0.2, -0.15) is 0 Å². The molecule has 0 aromatic carbocycles. The lowest BCUT2D eigenvalue weighted by atomic mass is 9.98. The molecule has 1 saturated carbocycles. The van der Waals surface area contributed by atoms with E-state index in [2.05, 4.69) is 13.8 Å². The van der Waals surface area contributed by atoms with Crippen LogP contribution in [0.2, 0.25) is 0 Å². The van der Waals surface area contributed by atoms with Crippen LogP contribution in [0, 0.1) is 0 Å². The lowest BCUT2D eigenvalue weighted by molar-refractivity contribution is 0.130. The summed E-state index contributed by atoms with van der Waals surface area (Å²) in [4.78, 5) is 0. The van der Waals surface area contributed by atoms with E-state index in [0.29, 0.717) is 0 Å². The van der Waals surface area contributed by atoms with Crippen molar-refractivity contribution in [2.24, 2.45) is 0 Å². The van der Waals surface area contributed by atoms with E-state index in [1.165, 1.54) is 51.4 Å². The first kappa shape index (κ1) is 14.0. The first-order valence-electron chi connectivity index (χ1n) is 6.49. The molecule has 0 aromatic heterocycles. The molecule has 1 aliphatic rings. The fourth-order valence-corrected chi connectivity index (χ4v) is 1.76. The van der Waals surface area contributed by atoms with Gasteiger partial charge in [0, 0.05) is 0 Å². The van der Waals surface area contributed by atoms with Gasteiger partial charge in [0.15, 0.2) is 0 Å². The minimum atomic E-state index is 0.0359. The molecular weight excluding hydrogens is 172 g/mol. The van der Waals surface area contributed by atoms with E-state index in [9.17, 15) is 0 Å². The predicted molar refractivity (Wildman–Crippen MR) is 63.5 cm³/mol. The Labute approximate surface area is 89.9 Å². The van der Waals surface area contributed by atoms with Gasteiger partial charge in [0.1, 0.15) is 0 Å². The van der Waals surface area contributed by atoms with E-state index in [1.807, 2.05) is 0 Å². The van der Waals surface area contributed by atoms with E-state index in [1.54, 1.807) is 0 Å². The maximum absolute atomic E-state index is 8.91. The smallest absolute Gasteiger partial charge is 0.0540 e.